The lowest BCUT2D eigenvalue weighted by Gasteiger charge is -2.31. The Balaban J connectivity index is 2.42. The molecule has 1 aliphatic rings. The topological polar surface area (TPSA) is 26.3 Å². The maximum atomic E-state index is 12.8. The molecule has 0 aromatic rings. The zero-order valence-electron chi connectivity index (χ0n) is 14.3. The molecule has 2 nitrogen and oxygen atoms in total. The zero-order chi connectivity index (χ0) is 15.7. The Morgan fingerprint density at radius 3 is 2.05 bits per heavy atom. The largest absolute Gasteiger partial charge is 0.383 e. The number of Topliss-reactive ketones (excluding diaryl/α,β-unsaturated/α-hetero) is 1. The van der Waals surface area contributed by atoms with Crippen molar-refractivity contribution in [1.82, 2.24) is 0 Å². The van der Waals surface area contributed by atoms with Crippen LogP contribution in [-0.4, -0.2) is 19.5 Å². The fraction of sp³-hybridized carbons (Fsp3) is 0.737. The van der Waals surface area contributed by atoms with Gasteiger partial charge in [0.2, 0.25) is 0 Å². The zero-order valence-corrected chi connectivity index (χ0v) is 14.3. The molecule has 0 N–H and O–H groups in total. The van der Waals surface area contributed by atoms with Gasteiger partial charge in [0.25, 0.3) is 0 Å². The van der Waals surface area contributed by atoms with Crippen LogP contribution in [0.15, 0.2) is 23.3 Å². The maximum absolute atomic E-state index is 12.8. The monoisotopic (exact) mass is 292 g/mol. The molecule has 0 aromatic heterocycles. The van der Waals surface area contributed by atoms with Gasteiger partial charge in [0, 0.05) is 13.5 Å². The molecule has 21 heavy (non-hydrogen) atoms. The minimum atomic E-state index is -0.475. The highest BCUT2D eigenvalue weighted by molar-refractivity contribution is 5.92. The molecule has 0 unspecified atom stereocenters. The third-order valence-electron chi connectivity index (χ3n) is 4.77. The van der Waals surface area contributed by atoms with E-state index in [4.69, 9.17) is 4.74 Å². The summed E-state index contributed by atoms with van der Waals surface area (Å²) in [5.41, 5.74) is 1.79. The van der Waals surface area contributed by atoms with Crippen molar-refractivity contribution in [3.05, 3.63) is 23.3 Å². The predicted octanol–water partition coefficient (Wildman–Crippen LogP) is 5.24. The van der Waals surface area contributed by atoms with E-state index in [2.05, 4.69) is 32.9 Å². The van der Waals surface area contributed by atoms with Gasteiger partial charge in [0.05, 0.1) is 12.0 Å². The number of hydrogen-bond donors (Lipinski definition) is 0. The van der Waals surface area contributed by atoms with Crippen LogP contribution in [0, 0.1) is 5.41 Å². The predicted molar refractivity (Wildman–Crippen MR) is 89.4 cm³/mol. The summed E-state index contributed by atoms with van der Waals surface area (Å²) in [7, 11) is 1.68. The van der Waals surface area contributed by atoms with E-state index in [0.29, 0.717) is 18.8 Å². The molecule has 1 rings (SSSR count). The third kappa shape index (κ3) is 4.54. The van der Waals surface area contributed by atoms with Crippen molar-refractivity contribution in [1.29, 1.82) is 0 Å². The molecule has 0 spiro atoms. The van der Waals surface area contributed by atoms with Gasteiger partial charge in [-0.2, -0.15) is 0 Å². The number of carbonyl (C=O) groups excluding carboxylic acids is 1. The molecule has 2 heteroatoms. The van der Waals surface area contributed by atoms with Gasteiger partial charge in [-0.3, -0.25) is 4.79 Å². The van der Waals surface area contributed by atoms with E-state index in [0.717, 1.165) is 17.6 Å². The number of carbonyl (C=O) groups is 1. The Kier molecular flexibility index (Phi) is 7.95. The van der Waals surface area contributed by atoms with Crippen LogP contribution in [0.3, 0.4) is 0 Å². The highest BCUT2D eigenvalue weighted by Crippen LogP contribution is 2.42. The van der Waals surface area contributed by atoms with Gasteiger partial charge < -0.3 is 4.74 Å². The van der Waals surface area contributed by atoms with Crippen molar-refractivity contribution in [2.75, 3.05) is 13.7 Å². The normalized spacial score (nSPS) is 16.8. The standard InChI is InChI=1S/C19H32O2/c1-5-6-7-8-9-10-11-12-18(20)19(15-21-4)16(2)13-14-17(19)3/h13-14H,5-12,15H2,1-4H3. The van der Waals surface area contributed by atoms with E-state index in [1.165, 1.54) is 38.5 Å². The smallest absolute Gasteiger partial charge is 0.149 e. The van der Waals surface area contributed by atoms with Gasteiger partial charge in [-0.05, 0) is 20.3 Å². The van der Waals surface area contributed by atoms with Crippen molar-refractivity contribution in [2.45, 2.75) is 72.1 Å². The molecule has 0 fully saturated rings. The number of allylic oxidation sites excluding steroid dienone is 2. The maximum Gasteiger partial charge on any atom is 0.149 e. The van der Waals surface area contributed by atoms with Crippen LogP contribution in [0.5, 0.6) is 0 Å². The van der Waals surface area contributed by atoms with E-state index < -0.39 is 5.41 Å². The number of ether oxygens (including phenoxy) is 1. The van der Waals surface area contributed by atoms with Crippen LogP contribution >= 0.6 is 0 Å². The van der Waals surface area contributed by atoms with E-state index in [1.807, 2.05) is 0 Å². The molecule has 0 atom stereocenters. The molecule has 0 saturated carbocycles. The first kappa shape index (κ1) is 18.2. The van der Waals surface area contributed by atoms with Gasteiger partial charge in [0.1, 0.15) is 5.78 Å². The molecule has 120 valence electrons. The number of hydrogen-bond acceptors (Lipinski definition) is 2. The highest BCUT2D eigenvalue weighted by atomic mass is 16.5. The molecule has 0 amide bonds. The number of ketones is 1. The first-order valence-electron chi connectivity index (χ1n) is 8.48. The minimum Gasteiger partial charge on any atom is -0.383 e. The number of rotatable bonds is 11. The molecule has 0 aliphatic heterocycles. The van der Waals surface area contributed by atoms with Crippen LogP contribution in [0.25, 0.3) is 0 Å². The summed E-state index contributed by atoms with van der Waals surface area (Å²) in [4.78, 5) is 12.8. The summed E-state index contributed by atoms with van der Waals surface area (Å²) < 4.78 is 5.36. The van der Waals surface area contributed by atoms with E-state index in [1.54, 1.807) is 7.11 Å². The summed E-state index contributed by atoms with van der Waals surface area (Å²) in [6, 6.07) is 0. The Morgan fingerprint density at radius 1 is 1.00 bits per heavy atom. The second-order valence-corrected chi connectivity index (χ2v) is 6.33. The fourth-order valence-electron chi connectivity index (χ4n) is 3.27. The van der Waals surface area contributed by atoms with E-state index in [-0.39, 0.29) is 0 Å². The van der Waals surface area contributed by atoms with Gasteiger partial charge in [-0.25, -0.2) is 0 Å². The Morgan fingerprint density at radius 2 is 1.52 bits per heavy atom. The van der Waals surface area contributed by atoms with Crippen LogP contribution in [0.2, 0.25) is 0 Å². The fourth-order valence-corrected chi connectivity index (χ4v) is 3.27. The Bertz CT molecular complexity index is 372. The second-order valence-electron chi connectivity index (χ2n) is 6.33. The Hall–Kier alpha value is -0.890. The van der Waals surface area contributed by atoms with Crippen molar-refractivity contribution in [3.63, 3.8) is 0 Å². The van der Waals surface area contributed by atoms with E-state index >= 15 is 0 Å². The lowest BCUT2D eigenvalue weighted by molar-refractivity contribution is -0.127. The molecular weight excluding hydrogens is 260 g/mol. The molecule has 0 aromatic carbocycles. The number of methoxy groups -OCH3 is 1. The summed E-state index contributed by atoms with van der Waals surface area (Å²) in [5, 5.41) is 0. The summed E-state index contributed by atoms with van der Waals surface area (Å²) in [5.74, 6) is 0.331. The number of unbranched alkanes of at least 4 members (excludes halogenated alkanes) is 6. The average molecular weight is 292 g/mol. The summed E-state index contributed by atoms with van der Waals surface area (Å²) in [6.07, 6.45) is 13.5. The highest BCUT2D eigenvalue weighted by Gasteiger charge is 2.42. The Labute approximate surface area is 130 Å². The van der Waals surface area contributed by atoms with Crippen LogP contribution in [-0.2, 0) is 9.53 Å². The second kappa shape index (κ2) is 9.19. The molecule has 0 heterocycles. The van der Waals surface area contributed by atoms with Crippen molar-refractivity contribution >= 4 is 5.78 Å². The minimum absolute atomic E-state index is 0.331. The van der Waals surface area contributed by atoms with Crippen LogP contribution in [0.4, 0.5) is 0 Å². The van der Waals surface area contributed by atoms with Gasteiger partial charge >= 0.3 is 0 Å². The van der Waals surface area contributed by atoms with Gasteiger partial charge in [-0.15, -0.1) is 0 Å². The first-order valence-corrected chi connectivity index (χ1v) is 8.48. The summed E-state index contributed by atoms with van der Waals surface area (Å²) >= 11 is 0. The van der Waals surface area contributed by atoms with Crippen LogP contribution in [0.1, 0.15) is 72.1 Å². The molecular formula is C19H32O2. The molecule has 1 aliphatic carbocycles. The SMILES string of the molecule is CCCCCCCCCC(=O)C1(COC)C(C)=CC=C1C. The quantitative estimate of drug-likeness (QED) is 0.487. The van der Waals surface area contributed by atoms with Crippen molar-refractivity contribution in [3.8, 4) is 0 Å². The lowest BCUT2D eigenvalue weighted by Crippen LogP contribution is -2.36. The van der Waals surface area contributed by atoms with Gasteiger partial charge in [-0.1, -0.05) is 68.7 Å². The molecule has 0 bridgehead atoms. The van der Waals surface area contributed by atoms with Crippen molar-refractivity contribution < 1.29 is 9.53 Å². The van der Waals surface area contributed by atoms with E-state index in [9.17, 15) is 4.79 Å². The first-order chi connectivity index (χ1) is 10.1. The molecule has 0 saturated heterocycles. The van der Waals surface area contributed by atoms with Crippen LogP contribution < -0.4 is 0 Å². The molecule has 0 radical (unpaired) electrons. The summed E-state index contributed by atoms with van der Waals surface area (Å²) in [6.45, 7) is 6.82. The lowest BCUT2D eigenvalue weighted by atomic mass is 9.73. The van der Waals surface area contributed by atoms with Gasteiger partial charge in [0.15, 0.2) is 0 Å². The average Bonchev–Trinajstić information content (AvgIpc) is 2.75. The van der Waals surface area contributed by atoms with Crippen molar-refractivity contribution in [2.24, 2.45) is 5.41 Å². The third-order valence-corrected chi connectivity index (χ3v) is 4.77.